The Hall–Kier alpha value is -1.51. The molecule has 0 bridgehead atoms. The largest absolute Gasteiger partial charge is 0.480 e. The first kappa shape index (κ1) is 12.0. The normalized spacial score (nSPS) is 23.4. The highest BCUT2D eigenvalue weighted by Crippen LogP contribution is 2.31. The molecule has 1 aromatic heterocycles. The lowest BCUT2D eigenvalue weighted by atomic mass is 10.2. The number of aromatic nitrogens is 4. The van der Waals surface area contributed by atoms with E-state index in [1.165, 1.54) is 0 Å². The summed E-state index contributed by atoms with van der Waals surface area (Å²) in [7, 11) is -3.26. The van der Waals surface area contributed by atoms with Crippen LogP contribution >= 0.6 is 0 Å². The average molecular weight is 260 g/mol. The van der Waals surface area contributed by atoms with Crippen molar-refractivity contribution in [2.45, 2.75) is 31.1 Å². The molecule has 0 radical (unpaired) electrons. The van der Waals surface area contributed by atoms with Gasteiger partial charge in [0, 0.05) is 0 Å². The summed E-state index contributed by atoms with van der Waals surface area (Å²) >= 11 is 0. The highest BCUT2D eigenvalue weighted by atomic mass is 32.2. The molecule has 0 amide bonds. The number of carboxylic acid groups (broad SMARTS) is 1. The van der Waals surface area contributed by atoms with Crippen LogP contribution in [0.5, 0.6) is 0 Å². The Balaban J connectivity index is 2.33. The molecule has 9 heteroatoms. The molecule has 0 aromatic carbocycles. The number of aliphatic carboxylic acids is 1. The Morgan fingerprint density at radius 2 is 2.24 bits per heavy atom. The second-order valence-corrected chi connectivity index (χ2v) is 6.24. The first-order valence-corrected chi connectivity index (χ1v) is 6.91. The number of hydrogen-bond acceptors (Lipinski definition) is 6. The van der Waals surface area contributed by atoms with Crippen LogP contribution in [0, 0.1) is 0 Å². The van der Waals surface area contributed by atoms with E-state index in [1.807, 2.05) is 0 Å². The molecule has 1 fully saturated rings. The van der Waals surface area contributed by atoms with Gasteiger partial charge in [-0.15, -0.1) is 5.10 Å². The van der Waals surface area contributed by atoms with Crippen molar-refractivity contribution in [2.24, 2.45) is 0 Å². The molecule has 94 valence electrons. The van der Waals surface area contributed by atoms with Gasteiger partial charge in [-0.05, 0) is 23.3 Å². The van der Waals surface area contributed by atoms with Gasteiger partial charge in [0.05, 0.1) is 5.75 Å². The van der Waals surface area contributed by atoms with Crippen molar-refractivity contribution in [3.8, 4) is 0 Å². The van der Waals surface area contributed by atoms with Crippen molar-refractivity contribution in [3.05, 3.63) is 5.82 Å². The molecule has 17 heavy (non-hydrogen) atoms. The summed E-state index contributed by atoms with van der Waals surface area (Å²) < 4.78 is 24.8. The smallest absolute Gasteiger partial charge is 0.325 e. The van der Waals surface area contributed by atoms with Gasteiger partial charge in [0.25, 0.3) is 0 Å². The maximum absolute atomic E-state index is 11.9. The molecule has 2 heterocycles. The average Bonchev–Trinajstić information content (AvgIpc) is 2.64. The van der Waals surface area contributed by atoms with Crippen molar-refractivity contribution in [1.29, 1.82) is 0 Å². The van der Waals surface area contributed by atoms with Gasteiger partial charge in [-0.3, -0.25) is 4.79 Å². The van der Waals surface area contributed by atoms with Crippen LogP contribution < -0.4 is 0 Å². The van der Waals surface area contributed by atoms with Gasteiger partial charge in [0.15, 0.2) is 15.7 Å². The zero-order chi connectivity index (χ0) is 12.5. The third-order valence-electron chi connectivity index (χ3n) is 2.71. The van der Waals surface area contributed by atoms with Crippen LogP contribution in [0.4, 0.5) is 0 Å². The van der Waals surface area contributed by atoms with Crippen LogP contribution in [0.1, 0.15) is 30.3 Å². The summed E-state index contributed by atoms with van der Waals surface area (Å²) in [5.74, 6) is -0.865. The van der Waals surface area contributed by atoms with E-state index < -0.39 is 27.6 Å². The van der Waals surface area contributed by atoms with Crippen LogP contribution in [0.25, 0.3) is 0 Å². The Bertz CT molecular complexity index is 523. The molecule has 0 aliphatic carbocycles. The number of carboxylic acids is 1. The SMILES string of the molecule is O=C(O)Cn1nnnc1C1CCCCS1(=O)=O. The van der Waals surface area contributed by atoms with Crippen LogP contribution in [0.3, 0.4) is 0 Å². The van der Waals surface area contributed by atoms with Gasteiger partial charge in [-0.2, -0.15) is 0 Å². The van der Waals surface area contributed by atoms with Crippen LogP contribution in [0.2, 0.25) is 0 Å². The first-order valence-electron chi connectivity index (χ1n) is 5.20. The summed E-state index contributed by atoms with van der Waals surface area (Å²) in [6.07, 6.45) is 1.87. The minimum Gasteiger partial charge on any atom is -0.480 e. The van der Waals surface area contributed by atoms with Crippen molar-refractivity contribution in [3.63, 3.8) is 0 Å². The van der Waals surface area contributed by atoms with E-state index in [-0.39, 0.29) is 11.6 Å². The molecule has 1 unspecified atom stereocenters. The van der Waals surface area contributed by atoms with Crippen LogP contribution in [-0.4, -0.2) is 45.5 Å². The summed E-state index contributed by atoms with van der Waals surface area (Å²) in [5, 5.41) is 18.4. The third-order valence-corrected chi connectivity index (χ3v) is 4.88. The zero-order valence-electron chi connectivity index (χ0n) is 8.98. The molecule has 1 aliphatic rings. The third kappa shape index (κ3) is 2.43. The molecular weight excluding hydrogens is 248 g/mol. The summed E-state index contributed by atoms with van der Waals surface area (Å²) in [4.78, 5) is 10.6. The van der Waals surface area contributed by atoms with Gasteiger partial charge < -0.3 is 5.11 Å². The molecule has 2 rings (SSSR count). The van der Waals surface area contributed by atoms with Gasteiger partial charge in [-0.1, -0.05) is 6.42 Å². The summed E-state index contributed by atoms with van der Waals surface area (Å²) in [6.45, 7) is -0.422. The molecule has 1 saturated heterocycles. The summed E-state index contributed by atoms with van der Waals surface area (Å²) in [5.41, 5.74) is 0. The van der Waals surface area contributed by atoms with E-state index in [0.29, 0.717) is 12.8 Å². The molecule has 1 aromatic rings. The topological polar surface area (TPSA) is 115 Å². The van der Waals surface area contributed by atoms with Gasteiger partial charge in [-0.25, -0.2) is 13.1 Å². The maximum Gasteiger partial charge on any atom is 0.325 e. The molecule has 1 atom stereocenters. The Labute approximate surface area is 97.5 Å². The van der Waals surface area contributed by atoms with Crippen molar-refractivity contribution in [1.82, 2.24) is 20.2 Å². The Kier molecular flexibility index (Phi) is 3.09. The van der Waals surface area contributed by atoms with E-state index in [4.69, 9.17) is 5.11 Å². The predicted molar refractivity (Wildman–Crippen MR) is 55.8 cm³/mol. The lowest BCUT2D eigenvalue weighted by molar-refractivity contribution is -0.138. The minimum absolute atomic E-state index is 0.109. The lowest BCUT2D eigenvalue weighted by Gasteiger charge is -2.20. The minimum atomic E-state index is -3.26. The monoisotopic (exact) mass is 260 g/mol. The highest BCUT2D eigenvalue weighted by molar-refractivity contribution is 7.91. The number of rotatable bonds is 3. The molecule has 0 saturated carbocycles. The number of tetrazole rings is 1. The zero-order valence-corrected chi connectivity index (χ0v) is 9.80. The van der Waals surface area contributed by atoms with Crippen molar-refractivity contribution in [2.75, 3.05) is 5.75 Å². The fourth-order valence-corrected chi connectivity index (χ4v) is 3.83. The van der Waals surface area contributed by atoms with E-state index in [9.17, 15) is 13.2 Å². The van der Waals surface area contributed by atoms with E-state index >= 15 is 0 Å². The molecule has 0 spiro atoms. The Morgan fingerprint density at radius 1 is 1.47 bits per heavy atom. The van der Waals surface area contributed by atoms with E-state index in [1.54, 1.807) is 0 Å². The van der Waals surface area contributed by atoms with Crippen molar-refractivity contribution >= 4 is 15.8 Å². The van der Waals surface area contributed by atoms with Gasteiger partial charge in [0.2, 0.25) is 0 Å². The van der Waals surface area contributed by atoms with Crippen LogP contribution in [-0.2, 0) is 21.2 Å². The first-order chi connectivity index (χ1) is 8.00. The molecule has 1 aliphatic heterocycles. The Morgan fingerprint density at radius 3 is 2.88 bits per heavy atom. The predicted octanol–water partition coefficient (Wildman–Crippen LogP) is -0.603. The van der Waals surface area contributed by atoms with E-state index in [0.717, 1.165) is 11.1 Å². The number of sulfone groups is 1. The standard InChI is InChI=1S/C8H12N4O4S/c13-7(14)5-12-8(9-10-11-12)6-3-1-2-4-17(6,15)16/h6H,1-5H2,(H,13,14). The molecule has 1 N–H and O–H groups in total. The van der Waals surface area contributed by atoms with Crippen LogP contribution in [0.15, 0.2) is 0 Å². The van der Waals surface area contributed by atoms with E-state index in [2.05, 4.69) is 15.5 Å². The number of carbonyl (C=O) groups is 1. The quantitative estimate of drug-likeness (QED) is 0.771. The van der Waals surface area contributed by atoms with Gasteiger partial charge >= 0.3 is 5.97 Å². The molecule has 8 nitrogen and oxygen atoms in total. The molecular formula is C8H12N4O4S. The maximum atomic E-state index is 11.9. The highest BCUT2D eigenvalue weighted by Gasteiger charge is 2.34. The lowest BCUT2D eigenvalue weighted by Crippen LogP contribution is -2.26. The van der Waals surface area contributed by atoms with Gasteiger partial charge in [0.1, 0.15) is 11.8 Å². The van der Waals surface area contributed by atoms with Crippen molar-refractivity contribution < 1.29 is 18.3 Å². The fraction of sp³-hybridized carbons (Fsp3) is 0.750. The fourth-order valence-electron chi connectivity index (χ4n) is 1.93. The second-order valence-electron chi connectivity index (χ2n) is 3.94. The second kappa shape index (κ2) is 4.40. The summed E-state index contributed by atoms with van der Waals surface area (Å²) in [6, 6.07) is 0. The number of nitrogens with zero attached hydrogens (tertiary/aromatic N) is 4. The number of hydrogen-bond donors (Lipinski definition) is 1.